The summed E-state index contributed by atoms with van der Waals surface area (Å²) in [6, 6.07) is 0. The quantitative estimate of drug-likeness (QED) is 0.523. The summed E-state index contributed by atoms with van der Waals surface area (Å²) in [6.07, 6.45) is 12.4. The molecule has 0 aromatic rings. The molecular formula is C16H26O. The minimum absolute atomic E-state index is 0.379. The lowest BCUT2D eigenvalue weighted by molar-refractivity contribution is 0.244. The lowest BCUT2D eigenvalue weighted by Gasteiger charge is -1.97. The van der Waals surface area contributed by atoms with E-state index in [-0.39, 0.29) is 6.10 Å². The van der Waals surface area contributed by atoms with Gasteiger partial charge in [0.15, 0.2) is 0 Å². The van der Waals surface area contributed by atoms with E-state index in [4.69, 9.17) is 5.11 Å². The Labute approximate surface area is 106 Å². The molecule has 0 bridgehead atoms. The summed E-state index contributed by atoms with van der Waals surface area (Å²) in [5.74, 6) is 8.10. The maximum Gasteiger partial charge on any atom is 0.0701 e. The van der Waals surface area contributed by atoms with Crippen molar-refractivity contribution in [3.63, 3.8) is 0 Å². The van der Waals surface area contributed by atoms with E-state index in [9.17, 15) is 0 Å². The second kappa shape index (κ2) is 8.37. The van der Waals surface area contributed by atoms with Gasteiger partial charge in [0.05, 0.1) is 6.10 Å². The van der Waals surface area contributed by atoms with Crippen molar-refractivity contribution in [1.29, 1.82) is 0 Å². The normalized spacial score (nSPS) is 24.4. The van der Waals surface area contributed by atoms with E-state index in [1.807, 2.05) is 0 Å². The standard InChI is InChI=1S/C16H26O/c1-3-4-7-11-15-13-16(15)12-9-6-5-8-10-14(2)17/h8,10,14-17H,3-4,7,9,11-13H2,1-2H3/b10-8+/t14-,15-,16+/m1/s1. The van der Waals surface area contributed by atoms with E-state index in [1.54, 1.807) is 19.1 Å². The van der Waals surface area contributed by atoms with E-state index in [0.717, 1.165) is 18.3 Å². The molecule has 3 atom stereocenters. The van der Waals surface area contributed by atoms with Gasteiger partial charge in [-0.05, 0) is 43.8 Å². The molecule has 0 aromatic heterocycles. The van der Waals surface area contributed by atoms with E-state index in [1.165, 1.54) is 38.5 Å². The van der Waals surface area contributed by atoms with Crippen LogP contribution in [0.3, 0.4) is 0 Å². The molecule has 1 aliphatic rings. The van der Waals surface area contributed by atoms with Crippen molar-refractivity contribution in [2.45, 2.75) is 64.9 Å². The number of hydrogen-bond donors (Lipinski definition) is 1. The van der Waals surface area contributed by atoms with Crippen LogP contribution in [0.1, 0.15) is 58.8 Å². The summed E-state index contributed by atoms with van der Waals surface area (Å²) < 4.78 is 0. The van der Waals surface area contributed by atoms with Gasteiger partial charge in [-0.25, -0.2) is 0 Å². The lowest BCUT2D eigenvalue weighted by atomic mass is 10.1. The summed E-state index contributed by atoms with van der Waals surface area (Å²) in [5, 5.41) is 8.99. The van der Waals surface area contributed by atoms with Gasteiger partial charge in [-0.2, -0.15) is 0 Å². The van der Waals surface area contributed by atoms with E-state index in [0.29, 0.717) is 0 Å². The molecule has 0 radical (unpaired) electrons. The van der Waals surface area contributed by atoms with Crippen LogP contribution in [0, 0.1) is 23.7 Å². The van der Waals surface area contributed by atoms with Crippen molar-refractivity contribution in [2.24, 2.45) is 11.8 Å². The number of allylic oxidation sites excluding steroid dienone is 1. The van der Waals surface area contributed by atoms with Gasteiger partial charge in [0.2, 0.25) is 0 Å². The fraction of sp³-hybridized carbons (Fsp3) is 0.750. The highest BCUT2D eigenvalue weighted by molar-refractivity contribution is 5.16. The van der Waals surface area contributed by atoms with Crippen LogP contribution >= 0.6 is 0 Å². The summed E-state index contributed by atoms with van der Waals surface area (Å²) in [4.78, 5) is 0. The Bertz CT molecular complexity index is 280. The van der Waals surface area contributed by atoms with Crippen LogP contribution in [0.2, 0.25) is 0 Å². The predicted molar refractivity (Wildman–Crippen MR) is 73.6 cm³/mol. The van der Waals surface area contributed by atoms with E-state index < -0.39 is 0 Å². The van der Waals surface area contributed by atoms with Crippen molar-refractivity contribution in [3.8, 4) is 11.8 Å². The molecule has 1 nitrogen and oxygen atoms in total. The van der Waals surface area contributed by atoms with Gasteiger partial charge in [-0.15, -0.1) is 0 Å². The first kappa shape index (κ1) is 14.3. The van der Waals surface area contributed by atoms with Crippen LogP contribution in [-0.4, -0.2) is 11.2 Å². The third kappa shape index (κ3) is 7.23. The molecule has 1 heteroatoms. The molecule has 1 rings (SSSR count). The van der Waals surface area contributed by atoms with Crippen LogP contribution in [0.25, 0.3) is 0 Å². The number of hydrogen-bond acceptors (Lipinski definition) is 1. The van der Waals surface area contributed by atoms with Crippen LogP contribution in [0.15, 0.2) is 12.2 Å². The summed E-state index contributed by atoms with van der Waals surface area (Å²) in [6.45, 7) is 4.00. The molecule has 0 saturated heterocycles. The van der Waals surface area contributed by atoms with Crippen molar-refractivity contribution >= 4 is 0 Å². The van der Waals surface area contributed by atoms with Gasteiger partial charge in [0.25, 0.3) is 0 Å². The first-order chi connectivity index (χ1) is 8.24. The zero-order chi connectivity index (χ0) is 12.5. The van der Waals surface area contributed by atoms with Crippen molar-refractivity contribution in [2.75, 3.05) is 0 Å². The Balaban J connectivity index is 1.98. The summed E-state index contributed by atoms with van der Waals surface area (Å²) in [7, 11) is 0. The van der Waals surface area contributed by atoms with Crippen molar-refractivity contribution in [1.82, 2.24) is 0 Å². The monoisotopic (exact) mass is 234 g/mol. The molecule has 1 aliphatic carbocycles. The van der Waals surface area contributed by atoms with Gasteiger partial charge >= 0.3 is 0 Å². The molecule has 0 unspecified atom stereocenters. The van der Waals surface area contributed by atoms with Crippen LogP contribution in [0.4, 0.5) is 0 Å². The molecule has 1 N–H and O–H groups in total. The van der Waals surface area contributed by atoms with Crippen LogP contribution in [0.5, 0.6) is 0 Å². The highest BCUT2D eigenvalue weighted by Crippen LogP contribution is 2.45. The number of unbranched alkanes of at least 4 members (excludes halogenated alkanes) is 2. The topological polar surface area (TPSA) is 20.2 Å². The molecule has 17 heavy (non-hydrogen) atoms. The zero-order valence-electron chi connectivity index (χ0n) is 11.3. The smallest absolute Gasteiger partial charge is 0.0701 e. The number of aliphatic hydroxyl groups is 1. The molecule has 0 amide bonds. The maximum atomic E-state index is 8.99. The second-order valence-electron chi connectivity index (χ2n) is 5.21. The molecule has 0 heterocycles. The first-order valence-electron chi connectivity index (χ1n) is 7.07. The molecule has 0 spiro atoms. The van der Waals surface area contributed by atoms with Crippen LogP contribution < -0.4 is 0 Å². The minimum atomic E-state index is -0.379. The van der Waals surface area contributed by atoms with Crippen molar-refractivity contribution in [3.05, 3.63) is 12.2 Å². The molecule has 0 aliphatic heterocycles. The second-order valence-corrected chi connectivity index (χ2v) is 5.21. The Morgan fingerprint density at radius 3 is 2.76 bits per heavy atom. The third-order valence-electron chi connectivity index (χ3n) is 3.45. The molecule has 96 valence electrons. The fourth-order valence-electron chi connectivity index (χ4n) is 2.25. The Hall–Kier alpha value is -0.740. The highest BCUT2D eigenvalue weighted by Gasteiger charge is 2.34. The SMILES string of the molecule is CCCCC[C@@H]1C[C@@H]1CCC#C/C=C/[C@@H](C)O. The molecule has 1 saturated carbocycles. The van der Waals surface area contributed by atoms with E-state index in [2.05, 4.69) is 18.8 Å². The Morgan fingerprint density at radius 1 is 1.29 bits per heavy atom. The minimum Gasteiger partial charge on any atom is -0.389 e. The molecule has 1 fully saturated rings. The Kier molecular flexibility index (Phi) is 7.05. The molecule has 0 aromatic carbocycles. The predicted octanol–water partition coefficient (Wildman–Crippen LogP) is 3.92. The summed E-state index contributed by atoms with van der Waals surface area (Å²) in [5.41, 5.74) is 0. The average molecular weight is 234 g/mol. The number of aliphatic hydroxyl groups excluding tert-OH is 1. The zero-order valence-corrected chi connectivity index (χ0v) is 11.3. The fourth-order valence-corrected chi connectivity index (χ4v) is 2.25. The van der Waals surface area contributed by atoms with Crippen LogP contribution in [-0.2, 0) is 0 Å². The average Bonchev–Trinajstić information content (AvgIpc) is 3.02. The first-order valence-corrected chi connectivity index (χ1v) is 7.07. The summed E-state index contributed by atoms with van der Waals surface area (Å²) >= 11 is 0. The lowest BCUT2D eigenvalue weighted by Crippen LogP contribution is -1.90. The third-order valence-corrected chi connectivity index (χ3v) is 3.45. The van der Waals surface area contributed by atoms with Gasteiger partial charge in [-0.3, -0.25) is 0 Å². The van der Waals surface area contributed by atoms with Crippen molar-refractivity contribution < 1.29 is 5.11 Å². The van der Waals surface area contributed by atoms with Gasteiger partial charge < -0.3 is 5.11 Å². The number of rotatable bonds is 7. The highest BCUT2D eigenvalue weighted by atomic mass is 16.3. The van der Waals surface area contributed by atoms with Gasteiger partial charge in [0.1, 0.15) is 0 Å². The largest absolute Gasteiger partial charge is 0.389 e. The molecular weight excluding hydrogens is 208 g/mol. The van der Waals surface area contributed by atoms with Gasteiger partial charge in [-0.1, -0.05) is 44.4 Å². The van der Waals surface area contributed by atoms with Gasteiger partial charge in [0, 0.05) is 6.42 Å². The van der Waals surface area contributed by atoms with E-state index >= 15 is 0 Å². The maximum absolute atomic E-state index is 8.99. The Morgan fingerprint density at radius 2 is 2.06 bits per heavy atom.